The number of hydrogen-bond donors (Lipinski definition) is 2. The number of esters is 2. The maximum atomic E-state index is 12.8. The zero-order valence-corrected chi connectivity index (χ0v) is 66.8. The third-order valence-corrected chi connectivity index (χ3v) is 19.5. The van der Waals surface area contributed by atoms with Crippen LogP contribution in [0.4, 0.5) is 0 Å². The molecular weight excluding hydrogens is 1270 g/mol. The summed E-state index contributed by atoms with van der Waals surface area (Å²) in [6.07, 6.45) is 122. The Morgan fingerprint density at radius 2 is 0.515 bits per heavy atom. The fourth-order valence-corrected chi connectivity index (χ4v) is 13.1. The number of hydrogen-bond acceptors (Lipinski definition) is 8. The highest BCUT2D eigenvalue weighted by atomic mass is 31.2. The summed E-state index contributed by atoms with van der Waals surface area (Å²) in [5.41, 5.74) is 5.42. The van der Waals surface area contributed by atoms with Gasteiger partial charge in [0.25, 0.3) is 0 Å². The van der Waals surface area contributed by atoms with Gasteiger partial charge in [-0.3, -0.25) is 18.6 Å². The first-order chi connectivity index (χ1) is 49.8. The van der Waals surface area contributed by atoms with Gasteiger partial charge in [-0.15, -0.1) is 0 Å². The molecule has 2 unspecified atom stereocenters. The molecule has 0 heterocycles. The van der Waals surface area contributed by atoms with Gasteiger partial charge in [-0.05, 0) is 109 Å². The van der Waals surface area contributed by atoms with E-state index in [2.05, 4.69) is 148 Å². The quantitative estimate of drug-likeness (QED) is 0.0264. The molecule has 0 spiro atoms. The molecule has 0 amide bonds. The number of carbonyl (C=O) groups is 2. The summed E-state index contributed by atoms with van der Waals surface area (Å²) in [5.74, 6) is -0.810. The van der Waals surface area contributed by atoms with Gasteiger partial charge >= 0.3 is 19.8 Å². The van der Waals surface area contributed by atoms with Crippen LogP contribution in [0.3, 0.4) is 0 Å². The Bertz CT molecular complexity index is 2130. The van der Waals surface area contributed by atoms with E-state index >= 15 is 0 Å². The number of rotatable bonds is 80. The third kappa shape index (κ3) is 85.0. The van der Waals surface area contributed by atoms with Crippen LogP contribution in [0.1, 0.15) is 399 Å². The third-order valence-electron chi connectivity index (χ3n) is 18.5. The van der Waals surface area contributed by atoms with Crippen LogP contribution in [0.15, 0.2) is 134 Å². The largest absolute Gasteiger partial charge is 0.472 e. The Hall–Kier alpha value is -3.85. The van der Waals surface area contributed by atoms with Crippen molar-refractivity contribution >= 4 is 19.8 Å². The minimum atomic E-state index is -4.40. The lowest BCUT2D eigenvalue weighted by Gasteiger charge is -2.19. The second-order valence-electron chi connectivity index (χ2n) is 28.3. The van der Waals surface area contributed by atoms with Crippen molar-refractivity contribution in [1.29, 1.82) is 0 Å². The monoisotopic (exact) mass is 1430 g/mol. The van der Waals surface area contributed by atoms with E-state index in [0.29, 0.717) is 6.42 Å². The molecule has 0 aromatic heterocycles. The van der Waals surface area contributed by atoms with Gasteiger partial charge in [0, 0.05) is 19.4 Å². The van der Waals surface area contributed by atoms with E-state index in [9.17, 15) is 19.0 Å². The summed E-state index contributed by atoms with van der Waals surface area (Å²) in [4.78, 5) is 35.5. The summed E-state index contributed by atoms with van der Waals surface area (Å²) >= 11 is 0. The van der Waals surface area contributed by atoms with E-state index in [1.807, 2.05) is 0 Å². The normalized spacial score (nSPS) is 13.5. The van der Waals surface area contributed by atoms with Crippen molar-refractivity contribution in [3.05, 3.63) is 134 Å². The van der Waals surface area contributed by atoms with Crippen LogP contribution >= 0.6 is 7.82 Å². The molecule has 0 radical (unpaired) electrons. The minimum absolute atomic E-state index is 0.0524. The summed E-state index contributed by atoms with van der Waals surface area (Å²) < 4.78 is 33.3. The van der Waals surface area contributed by atoms with Crippen LogP contribution < -0.4 is 5.73 Å². The first-order valence-electron chi connectivity index (χ1n) is 42.7. The fourth-order valence-electron chi connectivity index (χ4n) is 12.3. The standard InChI is InChI=1S/C91H160NO8P/c1-3-5-7-9-11-13-15-17-19-21-23-25-27-29-31-33-35-37-39-41-43-44-46-48-50-52-54-56-58-60-62-64-66-68-70-72-74-76-78-80-82-84-91(94)100-89(88-99-101(95,96)98-86-85-92)87-97-90(93)83-81-79-77-75-73-71-69-67-65-63-61-59-57-55-53-51-49-47-45-42-40-38-36-34-32-30-28-26-24-22-20-18-16-14-12-10-8-6-4-2/h5-8,11-14,17-20,23-26,29,31,35,37,41,43,89H,3-4,9-10,15-16,21-22,27-28,30,32-34,36,38-40,42,44-88,92H2,1-2H3,(H,95,96)/b7-5-,8-6-,13-11-,14-12-,19-17-,20-18-,25-23-,26-24-,31-29-,37-35-,43-41-. The molecule has 0 aliphatic heterocycles. The van der Waals surface area contributed by atoms with Gasteiger partial charge in [0.15, 0.2) is 6.10 Å². The molecule has 0 saturated carbocycles. The predicted molar refractivity (Wildman–Crippen MR) is 441 cm³/mol. The Morgan fingerprint density at radius 1 is 0.297 bits per heavy atom. The van der Waals surface area contributed by atoms with Crippen LogP contribution in [0.5, 0.6) is 0 Å². The number of nitrogens with two attached hydrogens (primary N) is 1. The van der Waals surface area contributed by atoms with E-state index < -0.39 is 26.5 Å². The minimum Gasteiger partial charge on any atom is -0.462 e. The van der Waals surface area contributed by atoms with E-state index in [0.717, 1.165) is 109 Å². The van der Waals surface area contributed by atoms with Crippen molar-refractivity contribution in [2.24, 2.45) is 5.73 Å². The van der Waals surface area contributed by atoms with Crippen LogP contribution in [-0.4, -0.2) is 49.3 Å². The average molecular weight is 1430 g/mol. The van der Waals surface area contributed by atoms with E-state index in [1.54, 1.807) is 0 Å². The summed E-state index contributed by atoms with van der Waals surface area (Å²) in [6.45, 7) is 3.57. The topological polar surface area (TPSA) is 134 Å². The zero-order valence-electron chi connectivity index (χ0n) is 65.9. The number of allylic oxidation sites excluding steroid dienone is 22. The van der Waals surface area contributed by atoms with Gasteiger partial charge in [-0.1, -0.05) is 411 Å². The molecule has 10 heteroatoms. The average Bonchev–Trinajstić information content (AvgIpc) is 1.04. The number of unbranched alkanes of at least 4 members (excludes halogenated alkanes) is 45. The first-order valence-corrected chi connectivity index (χ1v) is 44.2. The van der Waals surface area contributed by atoms with Gasteiger partial charge in [-0.2, -0.15) is 0 Å². The number of carbonyl (C=O) groups excluding carboxylic acids is 2. The van der Waals surface area contributed by atoms with Crippen molar-refractivity contribution in [3.8, 4) is 0 Å². The molecule has 9 nitrogen and oxygen atoms in total. The van der Waals surface area contributed by atoms with Gasteiger partial charge in [0.05, 0.1) is 13.2 Å². The van der Waals surface area contributed by atoms with Crippen molar-refractivity contribution in [1.82, 2.24) is 0 Å². The first kappa shape index (κ1) is 97.2. The van der Waals surface area contributed by atoms with Crippen molar-refractivity contribution < 1.29 is 37.6 Å². The molecule has 0 aromatic carbocycles. The van der Waals surface area contributed by atoms with Crippen LogP contribution in [0.25, 0.3) is 0 Å². The van der Waals surface area contributed by atoms with Crippen LogP contribution in [0, 0.1) is 0 Å². The Morgan fingerprint density at radius 3 is 0.762 bits per heavy atom. The highest BCUT2D eigenvalue weighted by Crippen LogP contribution is 2.43. The van der Waals surface area contributed by atoms with Crippen LogP contribution in [0.2, 0.25) is 0 Å². The zero-order chi connectivity index (χ0) is 72.9. The lowest BCUT2D eigenvalue weighted by atomic mass is 10.0. The molecule has 0 fully saturated rings. The Balaban J connectivity index is 3.76. The molecule has 0 aliphatic rings. The maximum Gasteiger partial charge on any atom is 0.472 e. The second kappa shape index (κ2) is 85.1. The van der Waals surface area contributed by atoms with E-state index in [1.165, 1.54) is 257 Å². The Kier molecular flexibility index (Phi) is 81.8. The summed E-state index contributed by atoms with van der Waals surface area (Å²) in [7, 11) is -4.40. The van der Waals surface area contributed by atoms with Crippen molar-refractivity contribution in [2.75, 3.05) is 26.4 Å². The molecule has 3 N–H and O–H groups in total. The van der Waals surface area contributed by atoms with Crippen molar-refractivity contribution in [3.63, 3.8) is 0 Å². The lowest BCUT2D eigenvalue weighted by Crippen LogP contribution is -2.29. The maximum absolute atomic E-state index is 12.8. The molecule has 0 rings (SSSR count). The molecule has 582 valence electrons. The van der Waals surface area contributed by atoms with E-state index in [4.69, 9.17) is 24.3 Å². The number of phosphoric acid groups is 1. The molecule has 0 saturated heterocycles. The molecule has 0 bridgehead atoms. The van der Waals surface area contributed by atoms with Crippen LogP contribution in [-0.2, 0) is 32.7 Å². The molecule has 2 atom stereocenters. The van der Waals surface area contributed by atoms with Gasteiger partial charge in [0.2, 0.25) is 0 Å². The molecule has 0 aromatic rings. The number of ether oxygens (including phenoxy) is 2. The summed E-state index contributed by atoms with van der Waals surface area (Å²) in [6, 6.07) is 0. The highest BCUT2D eigenvalue weighted by molar-refractivity contribution is 7.47. The SMILES string of the molecule is CC/C=C\C/C=C\C/C=C\C/C=C\C/C=C\C/C=C\C/C=C\CCCCCCCCCCCCCCCCCCCCCC(=O)OC(COC(=O)CCCCCCCCCCCCCCCCCCCCCCCCCCCC/C=C\C/C=C\C/C=C\C/C=C\CC)COP(=O)(O)OCCN. The fraction of sp³-hybridized carbons (Fsp3) is 0.736. The number of phosphoric ester groups is 1. The summed E-state index contributed by atoms with van der Waals surface area (Å²) in [5, 5.41) is 0. The lowest BCUT2D eigenvalue weighted by molar-refractivity contribution is -0.161. The van der Waals surface area contributed by atoms with E-state index in [-0.39, 0.29) is 38.6 Å². The van der Waals surface area contributed by atoms with Gasteiger partial charge in [-0.25, -0.2) is 4.57 Å². The molecular formula is C91H160NO8P. The molecule has 101 heavy (non-hydrogen) atoms. The smallest absolute Gasteiger partial charge is 0.462 e. The molecule has 0 aliphatic carbocycles. The van der Waals surface area contributed by atoms with Gasteiger partial charge < -0.3 is 20.1 Å². The van der Waals surface area contributed by atoms with Gasteiger partial charge in [0.1, 0.15) is 6.61 Å². The second-order valence-corrected chi connectivity index (χ2v) is 29.7. The highest BCUT2D eigenvalue weighted by Gasteiger charge is 2.26. The van der Waals surface area contributed by atoms with Crippen molar-refractivity contribution in [2.45, 2.75) is 405 Å². The Labute approximate surface area is 624 Å². The predicted octanol–water partition coefficient (Wildman–Crippen LogP) is 29.1.